The Morgan fingerprint density at radius 1 is 1.13 bits per heavy atom. The highest BCUT2D eigenvalue weighted by atomic mass is 32.2. The van der Waals surface area contributed by atoms with Crippen molar-refractivity contribution in [2.24, 2.45) is 0 Å². The molecule has 122 valence electrons. The van der Waals surface area contributed by atoms with E-state index in [4.69, 9.17) is 0 Å². The summed E-state index contributed by atoms with van der Waals surface area (Å²) in [6.45, 7) is 4.72. The van der Waals surface area contributed by atoms with E-state index in [0.29, 0.717) is 12.6 Å². The second-order valence-corrected chi connectivity index (χ2v) is 7.41. The molecule has 23 heavy (non-hydrogen) atoms. The quantitative estimate of drug-likeness (QED) is 0.917. The van der Waals surface area contributed by atoms with E-state index in [1.165, 1.54) is 5.56 Å². The Balaban J connectivity index is 1.84. The summed E-state index contributed by atoms with van der Waals surface area (Å²) in [7, 11) is -1.14. The molecular weight excluding hydrogens is 306 g/mol. The molecule has 2 aromatic rings. The van der Waals surface area contributed by atoms with Gasteiger partial charge in [0.2, 0.25) is 0 Å². The molecule has 4 nitrogen and oxygen atoms in total. The molecule has 0 radical (unpaired) electrons. The van der Waals surface area contributed by atoms with Crippen molar-refractivity contribution in [1.29, 1.82) is 0 Å². The lowest BCUT2D eigenvalue weighted by Gasteiger charge is -2.33. The zero-order valence-electron chi connectivity index (χ0n) is 13.4. The fourth-order valence-electron chi connectivity index (χ4n) is 2.88. The zero-order valence-corrected chi connectivity index (χ0v) is 14.3. The van der Waals surface area contributed by atoms with Crippen LogP contribution in [0, 0.1) is 6.92 Å². The first kappa shape index (κ1) is 16.3. The van der Waals surface area contributed by atoms with Gasteiger partial charge in [0, 0.05) is 25.0 Å². The van der Waals surface area contributed by atoms with E-state index in [9.17, 15) is 4.21 Å². The predicted molar refractivity (Wildman–Crippen MR) is 93.3 cm³/mol. The van der Waals surface area contributed by atoms with Crippen molar-refractivity contribution < 1.29 is 4.21 Å². The fraction of sp³-hybridized carbons (Fsp3) is 0.389. The third kappa shape index (κ3) is 4.25. The Kier molecular flexibility index (Phi) is 5.54. The molecule has 2 heterocycles. The summed E-state index contributed by atoms with van der Waals surface area (Å²) in [6, 6.07) is 12.4. The Morgan fingerprint density at radius 2 is 1.78 bits per heavy atom. The van der Waals surface area contributed by atoms with Gasteiger partial charge in [0.1, 0.15) is 11.0 Å². The van der Waals surface area contributed by atoms with Crippen LogP contribution >= 0.6 is 0 Å². The summed E-state index contributed by atoms with van der Waals surface area (Å²) in [5.41, 5.74) is 2.34. The molecule has 1 atom stereocenters. The van der Waals surface area contributed by atoms with E-state index in [-0.39, 0.29) is 0 Å². The van der Waals surface area contributed by atoms with Crippen LogP contribution in [0.25, 0.3) is 0 Å². The smallest absolute Gasteiger partial charge is 0.128 e. The number of benzene rings is 1. The molecular formula is C18H23N3OS. The molecule has 0 bridgehead atoms. The van der Waals surface area contributed by atoms with Crippen molar-refractivity contribution >= 4 is 11.0 Å². The normalized spacial score (nSPS) is 17.3. The number of aryl methyl sites for hydroxylation is 1. The molecule has 0 amide bonds. The van der Waals surface area contributed by atoms with Crippen molar-refractivity contribution in [3.8, 4) is 0 Å². The van der Waals surface area contributed by atoms with Gasteiger partial charge < -0.3 is 5.32 Å². The number of rotatable bonds is 5. The first-order valence-corrected chi connectivity index (χ1v) is 9.19. The van der Waals surface area contributed by atoms with Gasteiger partial charge in [-0.1, -0.05) is 17.7 Å². The van der Waals surface area contributed by atoms with Crippen molar-refractivity contribution in [1.82, 2.24) is 14.6 Å². The van der Waals surface area contributed by atoms with Crippen LogP contribution in [-0.4, -0.2) is 32.6 Å². The maximum atomic E-state index is 13.2. The molecule has 0 saturated carbocycles. The van der Waals surface area contributed by atoms with Crippen molar-refractivity contribution in [3.05, 3.63) is 59.9 Å². The molecule has 1 aliphatic rings. The van der Waals surface area contributed by atoms with Crippen LogP contribution in [0.2, 0.25) is 0 Å². The highest BCUT2D eigenvalue weighted by Gasteiger charge is 2.26. The van der Waals surface area contributed by atoms with E-state index in [0.717, 1.165) is 36.4 Å². The number of pyridine rings is 1. The van der Waals surface area contributed by atoms with E-state index in [2.05, 4.69) is 14.6 Å². The maximum Gasteiger partial charge on any atom is 0.128 e. The monoisotopic (exact) mass is 329 g/mol. The van der Waals surface area contributed by atoms with Gasteiger partial charge in [-0.15, -0.1) is 0 Å². The lowest BCUT2D eigenvalue weighted by molar-refractivity contribution is 0.267. The number of aromatic nitrogens is 1. The van der Waals surface area contributed by atoms with Gasteiger partial charge in [-0.25, -0.2) is 8.51 Å². The average Bonchev–Trinajstić information content (AvgIpc) is 2.61. The fourth-order valence-corrected chi connectivity index (χ4v) is 4.26. The minimum absolute atomic E-state index is 0.339. The number of nitrogens with one attached hydrogen (secondary N) is 1. The van der Waals surface area contributed by atoms with Crippen molar-refractivity contribution in [2.45, 2.75) is 37.2 Å². The predicted octanol–water partition coefficient (Wildman–Crippen LogP) is 2.67. The third-order valence-corrected chi connectivity index (χ3v) is 5.77. The number of piperidine rings is 1. The molecule has 0 spiro atoms. The molecule has 1 saturated heterocycles. The summed E-state index contributed by atoms with van der Waals surface area (Å²) < 4.78 is 15.3. The van der Waals surface area contributed by atoms with Crippen LogP contribution in [0.15, 0.2) is 53.7 Å². The number of nitrogens with zero attached hydrogens (tertiary/aromatic N) is 2. The Bertz CT molecular complexity index is 639. The van der Waals surface area contributed by atoms with Crippen molar-refractivity contribution in [2.75, 3.05) is 13.1 Å². The third-order valence-electron chi connectivity index (χ3n) is 4.24. The molecule has 5 heteroatoms. The minimum Gasteiger partial charge on any atom is -0.317 e. The lowest BCUT2D eigenvalue weighted by Crippen LogP contribution is -2.43. The topological polar surface area (TPSA) is 45.2 Å². The van der Waals surface area contributed by atoms with Gasteiger partial charge in [0.25, 0.3) is 0 Å². The highest BCUT2D eigenvalue weighted by molar-refractivity contribution is 7.82. The van der Waals surface area contributed by atoms with E-state index >= 15 is 0 Å². The van der Waals surface area contributed by atoms with E-state index in [1.807, 2.05) is 43.3 Å². The molecule has 0 aliphatic carbocycles. The summed E-state index contributed by atoms with van der Waals surface area (Å²) in [5.74, 6) is 0. The van der Waals surface area contributed by atoms with Crippen LogP contribution < -0.4 is 5.32 Å². The van der Waals surface area contributed by atoms with Crippen LogP contribution in [0.5, 0.6) is 0 Å². The van der Waals surface area contributed by atoms with Gasteiger partial charge in [0.05, 0.1) is 4.90 Å². The van der Waals surface area contributed by atoms with Crippen LogP contribution in [0.3, 0.4) is 0 Å². The molecule has 1 N–H and O–H groups in total. The van der Waals surface area contributed by atoms with Gasteiger partial charge in [-0.05, 0) is 62.7 Å². The molecule has 1 fully saturated rings. The Labute approximate surface area is 140 Å². The standard InChI is InChI=1S/C18H23N3OS/c1-15-2-4-18(5-3-15)23(22)21(17-8-12-20-13-9-17)14-16-6-10-19-11-7-16/h2-7,10-11,17,20H,8-9,12-14H2,1H3. The Morgan fingerprint density at radius 3 is 2.43 bits per heavy atom. The second kappa shape index (κ2) is 7.81. The summed E-state index contributed by atoms with van der Waals surface area (Å²) in [4.78, 5) is 4.95. The van der Waals surface area contributed by atoms with Gasteiger partial charge in [-0.3, -0.25) is 4.98 Å². The van der Waals surface area contributed by atoms with Crippen LogP contribution in [0.4, 0.5) is 0 Å². The van der Waals surface area contributed by atoms with Gasteiger partial charge in [-0.2, -0.15) is 0 Å². The molecule has 1 aromatic heterocycles. The number of hydrogen-bond donors (Lipinski definition) is 1. The first-order chi connectivity index (χ1) is 11.2. The average molecular weight is 329 g/mol. The summed E-state index contributed by atoms with van der Waals surface area (Å²) >= 11 is 0. The maximum absolute atomic E-state index is 13.2. The molecule has 3 rings (SSSR count). The summed E-state index contributed by atoms with van der Waals surface area (Å²) in [6.07, 6.45) is 5.65. The van der Waals surface area contributed by atoms with E-state index < -0.39 is 11.0 Å². The second-order valence-electron chi connectivity index (χ2n) is 5.97. The highest BCUT2D eigenvalue weighted by Crippen LogP contribution is 2.22. The first-order valence-electron chi connectivity index (χ1n) is 8.09. The van der Waals surface area contributed by atoms with Crippen LogP contribution in [0.1, 0.15) is 24.0 Å². The minimum atomic E-state index is -1.14. The SMILES string of the molecule is Cc1ccc(S(=O)N(Cc2ccncc2)C2CCNCC2)cc1. The zero-order chi connectivity index (χ0) is 16.1. The van der Waals surface area contributed by atoms with Crippen molar-refractivity contribution in [3.63, 3.8) is 0 Å². The molecule has 1 aromatic carbocycles. The lowest BCUT2D eigenvalue weighted by atomic mass is 10.1. The summed E-state index contributed by atoms with van der Waals surface area (Å²) in [5, 5.41) is 3.38. The molecule has 1 unspecified atom stereocenters. The Hall–Kier alpha value is -1.56. The van der Waals surface area contributed by atoms with Crippen LogP contribution in [-0.2, 0) is 17.5 Å². The number of hydrogen-bond acceptors (Lipinski definition) is 3. The molecule has 1 aliphatic heterocycles. The largest absolute Gasteiger partial charge is 0.317 e. The van der Waals surface area contributed by atoms with E-state index in [1.54, 1.807) is 12.4 Å². The van der Waals surface area contributed by atoms with Gasteiger partial charge in [0.15, 0.2) is 0 Å². The van der Waals surface area contributed by atoms with Gasteiger partial charge >= 0.3 is 0 Å².